The Hall–Kier alpha value is -12.4. The van der Waals surface area contributed by atoms with Crippen molar-refractivity contribution in [3.05, 3.63) is 90.5 Å². The monoisotopic (exact) mass is 1670 g/mol. The Labute approximate surface area is 687 Å². The fourth-order valence-electron chi connectivity index (χ4n) is 13.4. The number of hydrogen-bond donors (Lipinski definition) is 21. The number of guanidine groups is 1. The molecule has 0 radical (unpaired) electrons. The topological polar surface area (TPSA) is 653 Å². The normalized spacial score (nSPS) is 16.4. The van der Waals surface area contributed by atoms with Crippen molar-refractivity contribution in [1.82, 2.24) is 68.7 Å². The molecule has 0 aliphatic carbocycles. The summed E-state index contributed by atoms with van der Waals surface area (Å²) in [5.74, 6) is -19.2. The summed E-state index contributed by atoms with van der Waals surface area (Å²) >= 11 is 0. The largest absolute Gasteiger partial charge is 0.508 e. The number of primary amides is 2. The van der Waals surface area contributed by atoms with Crippen LogP contribution in [0, 0.1) is 17.2 Å². The smallest absolute Gasteiger partial charge is 0.326 e. The maximum absolute atomic E-state index is 14.9. The van der Waals surface area contributed by atoms with E-state index in [1.807, 2.05) is 0 Å². The molecule has 0 aromatic heterocycles. The van der Waals surface area contributed by atoms with Crippen LogP contribution in [0.4, 0.5) is 11.4 Å². The van der Waals surface area contributed by atoms with E-state index in [4.69, 9.17) is 28.3 Å². The minimum Gasteiger partial charge on any atom is -0.508 e. The summed E-state index contributed by atoms with van der Waals surface area (Å²) in [6, 6.07) is 0.848. The lowest BCUT2D eigenvalue weighted by atomic mass is 9.99. The standard InChI is InChI=1S/C78H114N20O21/c1-42(2)34-53(91-73(114)55(36-46-26-28-49(100)29-27-46)89-65(106)44(5)97(47-18-9-7-10-19-47)63(103)40-86-67(108)59(41-99)95-68(109)50-23-15-31-84-50)71(112)87-51(22-13-14-30-79)69(110)90-54(35-43(3)4)72(113)93-57(39-64(104)105)75(116)96-33-17-25-60(96)74(115)88-52(24-16-32-85-78(82)83)70(111)92-56(37-61(80)101)76(117)98(48-20-11-8-12-21-48)45(6)66(107)94-58(77(118)119)38-62(81)102/h7-12,18-21,26-29,42-45,50-60,84,99-100H,13-17,22-25,30-41,79H2,1-6H3,(H2,80,101)(H2,81,102)(H,86,108)(H,87,112)(H,88,115)(H,89,106)(H,90,110)(H,91,114)(H,92,111)(H,93,113)(H,94,107)(H,95,109)(H,104,105)(H,118,119)(H4,82,83,85)/t44-,45-,50-,51-,52-,53-,54-,55-,56-,57-,58-,59-,60-/m0/s1. The highest BCUT2D eigenvalue weighted by molar-refractivity contribution is 6.08. The third kappa shape index (κ3) is 31.5. The fraction of sp³-hybridized carbons (Fsp3) is 0.538. The SMILES string of the molecule is CC(C)C[C@H](NC(=O)[C@H](Cc1ccc(O)cc1)NC(=O)[C@H](C)N(C(=O)CNC(=O)[C@H](CO)NC(=O)[C@@H]1CCCN1)c1ccccc1)C(=O)N[C@@H](CCCCN)C(=O)N[C@@H](CC(C)C)C(=O)N[C@@H](CC(=O)O)C(=O)N1CCC[C@H]1C(=O)N[C@@H](CCCNC(=N)N)C(=O)N[C@@H](CC(N)=O)C(=O)N(c1ccccc1)[C@@H](C)C(=O)N[C@@H](CC(N)=O)C(=O)O. The lowest BCUT2D eigenvalue weighted by Crippen LogP contribution is -2.61. The summed E-state index contributed by atoms with van der Waals surface area (Å²) in [6.45, 7) is 8.34. The molecule has 2 aliphatic rings. The minimum atomic E-state index is -1.93. The second-order valence-corrected chi connectivity index (χ2v) is 30.0. The molecule has 41 nitrogen and oxygen atoms in total. The van der Waals surface area contributed by atoms with Gasteiger partial charge in [-0.25, -0.2) is 4.79 Å². The van der Waals surface area contributed by atoms with Crippen LogP contribution in [0.5, 0.6) is 5.75 Å². The second kappa shape index (κ2) is 48.3. The third-order valence-corrected chi connectivity index (χ3v) is 19.5. The number of para-hydroxylation sites is 2. The number of nitrogens with two attached hydrogens (primary N) is 4. The highest BCUT2D eigenvalue weighted by atomic mass is 16.4. The highest BCUT2D eigenvalue weighted by Gasteiger charge is 2.43. The van der Waals surface area contributed by atoms with Crippen LogP contribution < -0.4 is 96.5 Å². The molecule has 15 amide bonds. The number of rotatable bonds is 49. The Balaban J connectivity index is 1.38. The molecule has 0 saturated carbocycles. The summed E-state index contributed by atoms with van der Waals surface area (Å²) < 4.78 is 0. The minimum absolute atomic E-state index is 0.00185. The van der Waals surface area contributed by atoms with E-state index >= 15 is 0 Å². The summed E-state index contributed by atoms with van der Waals surface area (Å²) in [5.41, 5.74) is 22.8. The number of anilines is 2. The number of aliphatic carboxylic acids is 2. The first-order valence-electron chi connectivity index (χ1n) is 39.3. The predicted molar refractivity (Wildman–Crippen MR) is 430 cm³/mol. The molecular formula is C78H114N20O21. The predicted octanol–water partition coefficient (Wildman–Crippen LogP) is -4.21. The number of likely N-dealkylation sites (tertiary alicyclic amines) is 1. The number of aromatic hydroxyl groups is 1. The van der Waals surface area contributed by atoms with E-state index in [0.29, 0.717) is 24.9 Å². The molecule has 13 atom stereocenters. The van der Waals surface area contributed by atoms with Gasteiger partial charge in [0, 0.05) is 30.9 Å². The Morgan fingerprint density at radius 1 is 0.513 bits per heavy atom. The number of aliphatic hydroxyl groups excluding tert-OH is 1. The van der Waals surface area contributed by atoms with E-state index in [1.165, 1.54) is 74.5 Å². The number of nitrogens with zero attached hydrogens (tertiary/aromatic N) is 3. The van der Waals surface area contributed by atoms with E-state index in [1.54, 1.807) is 52.0 Å². The van der Waals surface area contributed by atoms with Gasteiger partial charge in [0.05, 0.1) is 38.5 Å². The number of unbranched alkanes of at least 4 members (excludes halogenated alkanes) is 1. The van der Waals surface area contributed by atoms with Gasteiger partial charge in [-0.1, -0.05) is 76.2 Å². The molecule has 2 fully saturated rings. The molecule has 0 unspecified atom stereocenters. The summed E-state index contributed by atoms with van der Waals surface area (Å²) in [5, 5.41) is 78.7. The molecule has 0 bridgehead atoms. The maximum Gasteiger partial charge on any atom is 0.326 e. The van der Waals surface area contributed by atoms with Crippen molar-refractivity contribution in [3.63, 3.8) is 0 Å². The fourth-order valence-corrected chi connectivity index (χ4v) is 13.4. The number of carboxylic acid groups (broad SMARTS) is 2. The number of carbonyl (C=O) groups is 17. The first kappa shape index (κ1) is 97.2. The number of aliphatic hydroxyl groups is 1. The molecule has 3 aromatic rings. The lowest BCUT2D eigenvalue weighted by Gasteiger charge is -2.33. The molecule has 652 valence electrons. The number of hydrogen-bond acceptors (Lipinski definition) is 22. The van der Waals surface area contributed by atoms with Crippen molar-refractivity contribution < 1.29 is 102 Å². The first-order valence-corrected chi connectivity index (χ1v) is 39.3. The van der Waals surface area contributed by atoms with Crippen molar-refractivity contribution >= 4 is 118 Å². The number of nitrogens with one attached hydrogen (secondary N) is 13. The van der Waals surface area contributed by atoms with Crippen LogP contribution in [0.1, 0.15) is 137 Å². The zero-order valence-corrected chi connectivity index (χ0v) is 67.5. The highest BCUT2D eigenvalue weighted by Crippen LogP contribution is 2.25. The average Bonchev–Trinajstić information content (AvgIpc) is 1.79. The van der Waals surface area contributed by atoms with E-state index < -0.39 is 223 Å². The van der Waals surface area contributed by atoms with Gasteiger partial charge in [-0.2, -0.15) is 0 Å². The van der Waals surface area contributed by atoms with E-state index in [-0.39, 0.29) is 100 Å². The van der Waals surface area contributed by atoms with Gasteiger partial charge in [-0.05, 0) is 151 Å². The molecule has 2 heterocycles. The van der Waals surface area contributed by atoms with Crippen LogP contribution in [0.25, 0.3) is 0 Å². The van der Waals surface area contributed by atoms with Gasteiger partial charge in [-0.3, -0.25) is 91.9 Å². The quantitative estimate of drug-likeness (QED) is 0.0145. The first-order chi connectivity index (χ1) is 56.3. The number of amides is 15. The van der Waals surface area contributed by atoms with Crippen LogP contribution in [-0.4, -0.2) is 250 Å². The van der Waals surface area contributed by atoms with E-state index in [0.717, 1.165) is 21.1 Å². The number of carbonyl (C=O) groups excluding carboxylic acids is 15. The van der Waals surface area contributed by atoms with Crippen molar-refractivity contribution in [3.8, 4) is 5.75 Å². The molecule has 3 aromatic carbocycles. The van der Waals surface area contributed by atoms with Crippen molar-refractivity contribution in [2.45, 2.75) is 216 Å². The van der Waals surface area contributed by atoms with Crippen LogP contribution >= 0.6 is 0 Å². The molecule has 41 heteroatoms. The Bertz CT molecular complexity index is 4040. The van der Waals surface area contributed by atoms with Gasteiger partial charge < -0.3 is 112 Å². The number of phenolic OH excluding ortho intramolecular Hbond substituents is 1. The zero-order chi connectivity index (χ0) is 88.3. The molecule has 25 N–H and O–H groups in total. The van der Waals surface area contributed by atoms with Crippen LogP contribution in [0.15, 0.2) is 84.9 Å². The van der Waals surface area contributed by atoms with Gasteiger partial charge in [0.2, 0.25) is 82.7 Å². The van der Waals surface area contributed by atoms with Gasteiger partial charge >= 0.3 is 11.9 Å². The second-order valence-electron chi connectivity index (χ2n) is 30.0. The molecular weight excluding hydrogens is 1550 g/mol. The molecule has 2 saturated heterocycles. The van der Waals surface area contributed by atoms with E-state index in [2.05, 4.69) is 63.8 Å². The zero-order valence-electron chi connectivity index (χ0n) is 67.5. The van der Waals surface area contributed by atoms with Crippen LogP contribution in [-0.2, 0) is 87.9 Å². The van der Waals surface area contributed by atoms with Gasteiger partial charge in [0.25, 0.3) is 5.91 Å². The van der Waals surface area contributed by atoms with Crippen molar-refractivity contribution in [2.75, 3.05) is 49.1 Å². The van der Waals surface area contributed by atoms with Crippen molar-refractivity contribution in [1.29, 1.82) is 5.41 Å². The van der Waals surface area contributed by atoms with Crippen LogP contribution in [0.2, 0.25) is 0 Å². The molecule has 5 rings (SSSR count). The third-order valence-electron chi connectivity index (χ3n) is 19.5. The molecule has 119 heavy (non-hydrogen) atoms. The maximum atomic E-state index is 14.9. The Kier molecular flexibility index (Phi) is 39.5. The number of carboxylic acids is 2. The number of benzene rings is 3. The summed E-state index contributed by atoms with van der Waals surface area (Å²) in [7, 11) is 0. The average molecular weight is 1670 g/mol. The van der Waals surface area contributed by atoms with Gasteiger partial charge in [-0.15, -0.1) is 0 Å². The van der Waals surface area contributed by atoms with Crippen LogP contribution in [0.3, 0.4) is 0 Å². The summed E-state index contributed by atoms with van der Waals surface area (Å²) in [4.78, 5) is 239. The van der Waals surface area contributed by atoms with E-state index in [9.17, 15) is 102 Å². The van der Waals surface area contributed by atoms with Gasteiger partial charge in [0.15, 0.2) is 5.96 Å². The van der Waals surface area contributed by atoms with Crippen molar-refractivity contribution in [2.24, 2.45) is 34.8 Å². The van der Waals surface area contributed by atoms with Gasteiger partial charge in [0.1, 0.15) is 78.3 Å². The number of phenols is 1. The molecule has 2 aliphatic heterocycles. The summed E-state index contributed by atoms with van der Waals surface area (Å²) in [6.07, 6.45) is -1.92. The molecule has 0 spiro atoms. The Morgan fingerprint density at radius 3 is 1.50 bits per heavy atom. The lowest BCUT2D eigenvalue weighted by molar-refractivity contribution is -0.146. The Morgan fingerprint density at radius 2 is 0.992 bits per heavy atom.